The summed E-state index contributed by atoms with van der Waals surface area (Å²) in [6, 6.07) is 14.4. The Labute approximate surface area is 91.6 Å². The van der Waals surface area contributed by atoms with Gasteiger partial charge in [-0.1, -0.05) is 30.3 Å². The van der Waals surface area contributed by atoms with Gasteiger partial charge in [-0.3, -0.25) is 0 Å². The molecule has 0 unspecified atom stereocenters. The molecule has 2 aromatic carbocycles. The predicted octanol–water partition coefficient (Wildman–Crippen LogP) is 3.55. The fourth-order valence-corrected chi connectivity index (χ4v) is 3.13. The fraction of sp³-hybridized carbons (Fsp3) is 0.0769. The van der Waals surface area contributed by atoms with E-state index in [4.69, 9.17) is 0 Å². The number of aliphatic hydroxyl groups is 1. The largest absolute Gasteiger partial charge is 0.392 e. The van der Waals surface area contributed by atoms with Crippen molar-refractivity contribution in [3.63, 3.8) is 0 Å². The smallest absolute Gasteiger partial charge is 0.0688 e. The summed E-state index contributed by atoms with van der Waals surface area (Å²) in [6.07, 6.45) is 0. The number of benzene rings is 2. The van der Waals surface area contributed by atoms with Gasteiger partial charge in [-0.2, -0.15) is 0 Å². The van der Waals surface area contributed by atoms with Crippen molar-refractivity contribution in [1.29, 1.82) is 0 Å². The Morgan fingerprint density at radius 3 is 2.60 bits per heavy atom. The normalized spacial score (nSPS) is 11.3. The second-order valence-electron chi connectivity index (χ2n) is 3.55. The number of fused-ring (bicyclic) bond motifs is 3. The Bertz CT molecular complexity index is 625. The van der Waals surface area contributed by atoms with Crippen LogP contribution < -0.4 is 0 Å². The van der Waals surface area contributed by atoms with Crippen LogP contribution >= 0.6 is 11.3 Å². The SMILES string of the molecule is OCc1cccc2sc3ccccc3c12. The summed E-state index contributed by atoms with van der Waals surface area (Å²) in [4.78, 5) is 0. The lowest BCUT2D eigenvalue weighted by Crippen LogP contribution is -1.82. The van der Waals surface area contributed by atoms with Gasteiger partial charge in [0.25, 0.3) is 0 Å². The highest BCUT2D eigenvalue weighted by molar-refractivity contribution is 7.25. The van der Waals surface area contributed by atoms with Gasteiger partial charge in [-0.05, 0) is 17.7 Å². The van der Waals surface area contributed by atoms with E-state index in [1.54, 1.807) is 11.3 Å². The second-order valence-corrected chi connectivity index (χ2v) is 4.63. The molecule has 0 aliphatic heterocycles. The first-order valence-corrected chi connectivity index (χ1v) is 5.72. The van der Waals surface area contributed by atoms with E-state index < -0.39 is 0 Å². The summed E-state index contributed by atoms with van der Waals surface area (Å²) in [5, 5.41) is 11.8. The van der Waals surface area contributed by atoms with Crippen LogP contribution in [0.3, 0.4) is 0 Å². The van der Waals surface area contributed by atoms with Crippen molar-refractivity contribution in [2.75, 3.05) is 0 Å². The van der Waals surface area contributed by atoms with E-state index in [1.807, 2.05) is 18.2 Å². The van der Waals surface area contributed by atoms with Crippen molar-refractivity contribution < 1.29 is 5.11 Å². The predicted molar refractivity (Wildman–Crippen MR) is 65.3 cm³/mol. The topological polar surface area (TPSA) is 20.2 Å². The standard InChI is InChI=1S/C13H10OS/c14-8-9-4-3-7-12-13(9)10-5-1-2-6-11(10)15-12/h1-7,14H,8H2. The first-order valence-electron chi connectivity index (χ1n) is 4.90. The third-order valence-corrected chi connectivity index (χ3v) is 3.80. The van der Waals surface area contributed by atoms with Gasteiger partial charge in [-0.15, -0.1) is 11.3 Å². The van der Waals surface area contributed by atoms with Gasteiger partial charge in [0.05, 0.1) is 6.61 Å². The van der Waals surface area contributed by atoms with Crippen molar-refractivity contribution in [3.05, 3.63) is 48.0 Å². The zero-order chi connectivity index (χ0) is 10.3. The average molecular weight is 214 g/mol. The molecule has 74 valence electrons. The van der Waals surface area contributed by atoms with E-state index in [9.17, 15) is 5.11 Å². The summed E-state index contributed by atoms with van der Waals surface area (Å²) < 4.78 is 2.54. The Balaban J connectivity index is 2.56. The van der Waals surface area contributed by atoms with Crippen molar-refractivity contribution in [1.82, 2.24) is 0 Å². The molecule has 1 nitrogen and oxygen atoms in total. The van der Waals surface area contributed by atoms with Crippen molar-refractivity contribution >= 4 is 31.5 Å². The van der Waals surface area contributed by atoms with E-state index in [1.165, 1.54) is 20.2 Å². The van der Waals surface area contributed by atoms with Crippen LogP contribution in [-0.2, 0) is 6.61 Å². The Kier molecular flexibility index (Phi) is 1.97. The molecule has 0 bridgehead atoms. The molecule has 15 heavy (non-hydrogen) atoms. The maximum atomic E-state index is 9.32. The Morgan fingerprint density at radius 1 is 0.933 bits per heavy atom. The quantitative estimate of drug-likeness (QED) is 0.656. The molecule has 0 saturated carbocycles. The van der Waals surface area contributed by atoms with E-state index in [0.29, 0.717) is 0 Å². The average Bonchev–Trinajstić information content (AvgIpc) is 2.67. The number of hydrogen-bond acceptors (Lipinski definition) is 2. The molecular formula is C13H10OS. The summed E-state index contributed by atoms with van der Waals surface area (Å²) in [5.74, 6) is 0. The second kappa shape index (κ2) is 3.33. The molecule has 0 aliphatic carbocycles. The zero-order valence-corrected chi connectivity index (χ0v) is 8.92. The maximum Gasteiger partial charge on any atom is 0.0688 e. The molecule has 0 aliphatic rings. The van der Waals surface area contributed by atoms with E-state index in [-0.39, 0.29) is 6.61 Å². The molecule has 0 fully saturated rings. The lowest BCUT2D eigenvalue weighted by molar-refractivity contribution is 0.283. The van der Waals surface area contributed by atoms with Crippen molar-refractivity contribution in [3.8, 4) is 0 Å². The fourth-order valence-electron chi connectivity index (χ4n) is 1.98. The Hall–Kier alpha value is -1.38. The van der Waals surface area contributed by atoms with Gasteiger partial charge in [-0.25, -0.2) is 0 Å². The van der Waals surface area contributed by atoms with Crippen LogP contribution in [0.25, 0.3) is 20.2 Å². The van der Waals surface area contributed by atoms with Crippen LogP contribution in [0.4, 0.5) is 0 Å². The number of aliphatic hydroxyl groups excluding tert-OH is 1. The minimum absolute atomic E-state index is 0.109. The maximum absolute atomic E-state index is 9.32. The zero-order valence-electron chi connectivity index (χ0n) is 8.10. The first-order chi connectivity index (χ1) is 7.40. The molecule has 3 rings (SSSR count). The van der Waals surface area contributed by atoms with Crippen LogP contribution in [0.2, 0.25) is 0 Å². The summed E-state index contributed by atoms with van der Waals surface area (Å²) in [7, 11) is 0. The Morgan fingerprint density at radius 2 is 1.73 bits per heavy atom. The third kappa shape index (κ3) is 1.26. The molecular weight excluding hydrogens is 204 g/mol. The van der Waals surface area contributed by atoms with Crippen LogP contribution in [0.1, 0.15) is 5.56 Å². The van der Waals surface area contributed by atoms with Gasteiger partial charge in [0.1, 0.15) is 0 Å². The monoisotopic (exact) mass is 214 g/mol. The number of hydrogen-bond donors (Lipinski definition) is 1. The van der Waals surface area contributed by atoms with Gasteiger partial charge in [0, 0.05) is 20.2 Å². The molecule has 1 N–H and O–H groups in total. The van der Waals surface area contributed by atoms with E-state index >= 15 is 0 Å². The lowest BCUT2D eigenvalue weighted by atomic mass is 10.1. The van der Waals surface area contributed by atoms with Gasteiger partial charge in [0.2, 0.25) is 0 Å². The van der Waals surface area contributed by atoms with Crippen LogP contribution in [0.15, 0.2) is 42.5 Å². The highest BCUT2D eigenvalue weighted by atomic mass is 32.1. The lowest BCUT2D eigenvalue weighted by Gasteiger charge is -1.98. The van der Waals surface area contributed by atoms with E-state index in [0.717, 1.165) is 5.56 Å². The summed E-state index contributed by atoms with van der Waals surface area (Å²) in [5.41, 5.74) is 1.02. The van der Waals surface area contributed by atoms with Crippen molar-refractivity contribution in [2.24, 2.45) is 0 Å². The molecule has 0 radical (unpaired) electrons. The molecule has 0 spiro atoms. The highest BCUT2D eigenvalue weighted by Crippen LogP contribution is 2.35. The van der Waals surface area contributed by atoms with Gasteiger partial charge in [0.15, 0.2) is 0 Å². The molecule has 2 heteroatoms. The number of thiophene rings is 1. The number of rotatable bonds is 1. The minimum atomic E-state index is 0.109. The first kappa shape index (κ1) is 8.89. The van der Waals surface area contributed by atoms with Gasteiger partial charge >= 0.3 is 0 Å². The van der Waals surface area contributed by atoms with Gasteiger partial charge < -0.3 is 5.11 Å². The summed E-state index contributed by atoms with van der Waals surface area (Å²) >= 11 is 1.78. The molecule has 0 saturated heterocycles. The third-order valence-electron chi connectivity index (χ3n) is 2.66. The van der Waals surface area contributed by atoms with E-state index in [2.05, 4.69) is 24.3 Å². The van der Waals surface area contributed by atoms with Crippen LogP contribution in [0.5, 0.6) is 0 Å². The molecule has 0 amide bonds. The molecule has 1 heterocycles. The van der Waals surface area contributed by atoms with Crippen LogP contribution in [0, 0.1) is 0 Å². The van der Waals surface area contributed by atoms with Crippen molar-refractivity contribution in [2.45, 2.75) is 6.61 Å². The minimum Gasteiger partial charge on any atom is -0.392 e. The molecule has 1 aromatic heterocycles. The molecule has 0 atom stereocenters. The summed E-state index contributed by atoms with van der Waals surface area (Å²) in [6.45, 7) is 0.109. The van der Waals surface area contributed by atoms with Crippen LogP contribution in [-0.4, -0.2) is 5.11 Å². The highest BCUT2D eigenvalue weighted by Gasteiger charge is 2.07. The molecule has 3 aromatic rings.